The molecule has 2 rings (SSSR count). The van der Waals surface area contributed by atoms with Crippen LogP contribution < -0.4 is 10.6 Å². The highest BCUT2D eigenvalue weighted by Crippen LogP contribution is 2.06. The zero-order valence-corrected chi connectivity index (χ0v) is 9.57. The minimum Gasteiger partial charge on any atom is -0.348 e. The molecule has 1 fully saturated rings. The Kier molecular flexibility index (Phi) is 3.56. The van der Waals surface area contributed by atoms with Crippen molar-refractivity contribution in [2.24, 2.45) is 7.05 Å². The summed E-state index contributed by atoms with van der Waals surface area (Å²) in [4.78, 5) is 15.9. The van der Waals surface area contributed by atoms with Crippen LogP contribution in [0.4, 0.5) is 0 Å². The summed E-state index contributed by atoms with van der Waals surface area (Å²) in [6.07, 6.45) is 6.42. The van der Waals surface area contributed by atoms with Crippen LogP contribution in [-0.2, 0) is 7.05 Å². The van der Waals surface area contributed by atoms with E-state index in [1.807, 2.05) is 7.05 Å². The number of hydrogen-bond donors (Lipinski definition) is 2. The summed E-state index contributed by atoms with van der Waals surface area (Å²) in [6, 6.07) is 0.289. The van der Waals surface area contributed by atoms with Crippen molar-refractivity contribution < 1.29 is 4.79 Å². The Balaban J connectivity index is 1.93. The Hall–Kier alpha value is -1.36. The molecule has 0 aromatic carbocycles. The number of amides is 1. The van der Waals surface area contributed by atoms with Crippen molar-refractivity contribution in [3.8, 4) is 0 Å². The first-order chi connectivity index (χ1) is 7.77. The Morgan fingerprint density at radius 3 is 3.19 bits per heavy atom. The van der Waals surface area contributed by atoms with Crippen molar-refractivity contribution in [3.63, 3.8) is 0 Å². The first-order valence-electron chi connectivity index (χ1n) is 5.75. The quantitative estimate of drug-likeness (QED) is 0.756. The number of imidazole rings is 1. The zero-order chi connectivity index (χ0) is 11.4. The number of carbonyl (C=O) groups excluding carboxylic acids is 1. The van der Waals surface area contributed by atoms with Crippen LogP contribution >= 0.6 is 0 Å². The molecule has 2 N–H and O–H groups in total. The number of nitrogens with zero attached hydrogens (tertiary/aromatic N) is 2. The molecule has 1 aromatic heterocycles. The molecule has 0 spiro atoms. The van der Waals surface area contributed by atoms with E-state index in [1.54, 1.807) is 17.1 Å². The van der Waals surface area contributed by atoms with E-state index >= 15 is 0 Å². The van der Waals surface area contributed by atoms with Gasteiger partial charge in [-0.1, -0.05) is 0 Å². The number of aryl methyl sites for hydroxylation is 1. The van der Waals surface area contributed by atoms with Gasteiger partial charge in [-0.3, -0.25) is 4.79 Å². The molecular formula is C11H18N4O. The summed E-state index contributed by atoms with van der Waals surface area (Å²) in [5, 5.41) is 6.39. The van der Waals surface area contributed by atoms with Crippen LogP contribution in [0, 0.1) is 0 Å². The maximum Gasteiger partial charge on any atom is 0.269 e. The minimum absolute atomic E-state index is 0.0214. The topological polar surface area (TPSA) is 59.0 Å². The van der Waals surface area contributed by atoms with Gasteiger partial charge in [0.2, 0.25) is 0 Å². The van der Waals surface area contributed by atoms with Gasteiger partial charge in [-0.25, -0.2) is 4.98 Å². The zero-order valence-electron chi connectivity index (χ0n) is 9.57. The van der Waals surface area contributed by atoms with Crippen molar-refractivity contribution in [1.82, 2.24) is 20.2 Å². The molecular weight excluding hydrogens is 204 g/mol. The van der Waals surface area contributed by atoms with Gasteiger partial charge in [0.1, 0.15) is 5.69 Å². The lowest BCUT2D eigenvalue weighted by molar-refractivity contribution is 0.0926. The van der Waals surface area contributed by atoms with Crippen LogP contribution in [-0.4, -0.2) is 34.6 Å². The van der Waals surface area contributed by atoms with Gasteiger partial charge >= 0.3 is 0 Å². The third-order valence-electron chi connectivity index (χ3n) is 2.96. The molecule has 16 heavy (non-hydrogen) atoms. The molecule has 2 heterocycles. The monoisotopic (exact) mass is 222 g/mol. The van der Waals surface area contributed by atoms with E-state index in [0.29, 0.717) is 5.69 Å². The predicted octanol–water partition coefficient (Wildman–Crippen LogP) is 0.292. The maximum atomic E-state index is 11.9. The average molecular weight is 222 g/mol. The molecule has 88 valence electrons. The van der Waals surface area contributed by atoms with E-state index in [2.05, 4.69) is 15.6 Å². The van der Waals surface area contributed by atoms with Gasteiger partial charge in [-0.15, -0.1) is 0 Å². The van der Waals surface area contributed by atoms with Gasteiger partial charge in [0.05, 0.1) is 12.5 Å². The molecule has 1 amide bonds. The Morgan fingerprint density at radius 1 is 1.56 bits per heavy atom. The number of hydrogen-bond acceptors (Lipinski definition) is 3. The molecule has 5 nitrogen and oxygen atoms in total. The van der Waals surface area contributed by atoms with E-state index < -0.39 is 0 Å². The lowest BCUT2D eigenvalue weighted by atomic mass is 10.1. The van der Waals surface area contributed by atoms with Gasteiger partial charge in [0, 0.05) is 13.1 Å². The molecule has 1 unspecified atom stereocenters. The molecule has 1 aromatic rings. The molecule has 1 aliphatic rings. The largest absolute Gasteiger partial charge is 0.348 e. The van der Waals surface area contributed by atoms with E-state index in [0.717, 1.165) is 32.4 Å². The fraction of sp³-hybridized carbons (Fsp3) is 0.636. The second-order valence-electron chi connectivity index (χ2n) is 4.24. The first-order valence-corrected chi connectivity index (χ1v) is 5.75. The number of rotatable bonds is 2. The van der Waals surface area contributed by atoms with Gasteiger partial charge in [-0.05, 0) is 32.4 Å². The summed E-state index contributed by atoms with van der Waals surface area (Å²) < 4.78 is 1.74. The third kappa shape index (κ3) is 2.61. The molecule has 0 aliphatic carbocycles. The molecule has 5 heteroatoms. The van der Waals surface area contributed by atoms with Crippen molar-refractivity contribution in [2.45, 2.75) is 25.3 Å². The van der Waals surface area contributed by atoms with Crippen LogP contribution in [0.5, 0.6) is 0 Å². The lowest BCUT2D eigenvalue weighted by Gasteiger charge is -2.15. The van der Waals surface area contributed by atoms with Crippen LogP contribution in [0.25, 0.3) is 0 Å². The lowest BCUT2D eigenvalue weighted by Crippen LogP contribution is -2.36. The maximum absolute atomic E-state index is 11.9. The molecule has 1 atom stereocenters. The van der Waals surface area contributed by atoms with Crippen molar-refractivity contribution in [3.05, 3.63) is 18.2 Å². The standard InChI is InChI=1S/C11H18N4O/c1-15-8-13-7-10(15)11(16)14-9-3-2-5-12-6-4-9/h7-9,12H,2-6H2,1H3,(H,14,16). The van der Waals surface area contributed by atoms with E-state index in [1.165, 1.54) is 0 Å². The SMILES string of the molecule is Cn1cncc1C(=O)NC1CCCNCC1. The van der Waals surface area contributed by atoms with Gasteiger partial charge in [0.25, 0.3) is 5.91 Å². The normalized spacial score (nSPS) is 21.4. The minimum atomic E-state index is -0.0214. The third-order valence-corrected chi connectivity index (χ3v) is 2.96. The highest BCUT2D eigenvalue weighted by molar-refractivity contribution is 5.92. The number of aromatic nitrogens is 2. The molecule has 1 aliphatic heterocycles. The summed E-state index contributed by atoms with van der Waals surface area (Å²) in [5.74, 6) is -0.0214. The second kappa shape index (κ2) is 5.12. The van der Waals surface area contributed by atoms with Gasteiger partial charge in [-0.2, -0.15) is 0 Å². The highest BCUT2D eigenvalue weighted by Gasteiger charge is 2.16. The fourth-order valence-electron chi connectivity index (χ4n) is 2.00. The summed E-state index contributed by atoms with van der Waals surface area (Å²) >= 11 is 0. The Labute approximate surface area is 95.2 Å². The summed E-state index contributed by atoms with van der Waals surface area (Å²) in [6.45, 7) is 2.04. The van der Waals surface area contributed by atoms with Gasteiger partial charge in [0.15, 0.2) is 0 Å². The Bertz CT molecular complexity index is 353. The smallest absolute Gasteiger partial charge is 0.269 e. The van der Waals surface area contributed by atoms with Crippen molar-refractivity contribution in [2.75, 3.05) is 13.1 Å². The van der Waals surface area contributed by atoms with Crippen molar-refractivity contribution in [1.29, 1.82) is 0 Å². The van der Waals surface area contributed by atoms with E-state index in [9.17, 15) is 4.79 Å². The Morgan fingerprint density at radius 2 is 2.44 bits per heavy atom. The van der Waals surface area contributed by atoms with Crippen LogP contribution in [0.1, 0.15) is 29.8 Å². The van der Waals surface area contributed by atoms with E-state index in [4.69, 9.17) is 0 Å². The van der Waals surface area contributed by atoms with E-state index in [-0.39, 0.29) is 11.9 Å². The summed E-state index contributed by atoms with van der Waals surface area (Å²) in [5.41, 5.74) is 0.622. The molecule has 0 bridgehead atoms. The van der Waals surface area contributed by atoms with Crippen molar-refractivity contribution >= 4 is 5.91 Å². The average Bonchev–Trinajstić information content (AvgIpc) is 2.53. The number of nitrogens with one attached hydrogen (secondary N) is 2. The molecule has 0 saturated carbocycles. The highest BCUT2D eigenvalue weighted by atomic mass is 16.2. The predicted molar refractivity (Wildman–Crippen MR) is 61.2 cm³/mol. The van der Waals surface area contributed by atoms with Crippen LogP contribution in [0.3, 0.4) is 0 Å². The van der Waals surface area contributed by atoms with Crippen LogP contribution in [0.15, 0.2) is 12.5 Å². The molecule has 0 radical (unpaired) electrons. The summed E-state index contributed by atoms with van der Waals surface area (Å²) in [7, 11) is 1.83. The van der Waals surface area contributed by atoms with Crippen LogP contribution in [0.2, 0.25) is 0 Å². The first kappa shape index (κ1) is 11.1. The molecule has 1 saturated heterocycles. The second-order valence-corrected chi connectivity index (χ2v) is 4.24. The van der Waals surface area contributed by atoms with Gasteiger partial charge < -0.3 is 15.2 Å². The fourth-order valence-corrected chi connectivity index (χ4v) is 2.00. The number of carbonyl (C=O) groups is 1.